The van der Waals surface area contributed by atoms with Crippen LogP contribution >= 0.6 is 0 Å². The first kappa shape index (κ1) is 12.4. The van der Waals surface area contributed by atoms with Crippen molar-refractivity contribution < 1.29 is 0 Å². The van der Waals surface area contributed by atoms with E-state index in [-0.39, 0.29) is 0 Å². The molecule has 0 radical (unpaired) electrons. The second kappa shape index (κ2) is 11.4. The standard InChI is InChI=1S/C12H23N/c1-3-5-7-8-10-12-13-11-9-6-4-2/h3-4,6,13H,1,5,7-12H2,2H3/b6-4+. The van der Waals surface area contributed by atoms with Crippen LogP contribution in [0.5, 0.6) is 0 Å². The largest absolute Gasteiger partial charge is 0.316 e. The second-order valence-corrected chi connectivity index (χ2v) is 3.25. The molecule has 0 aliphatic carbocycles. The number of allylic oxidation sites excluding steroid dienone is 2. The number of nitrogens with one attached hydrogen (secondary N) is 1. The molecule has 0 heterocycles. The van der Waals surface area contributed by atoms with Crippen LogP contribution in [0.25, 0.3) is 0 Å². The van der Waals surface area contributed by atoms with Gasteiger partial charge in [-0.05, 0) is 45.7 Å². The monoisotopic (exact) mass is 181 g/mol. The van der Waals surface area contributed by atoms with Crippen molar-refractivity contribution in [2.75, 3.05) is 13.1 Å². The molecule has 1 nitrogen and oxygen atoms in total. The molecule has 0 aromatic carbocycles. The summed E-state index contributed by atoms with van der Waals surface area (Å²) in [5.41, 5.74) is 0. The van der Waals surface area contributed by atoms with Gasteiger partial charge in [-0.25, -0.2) is 0 Å². The van der Waals surface area contributed by atoms with Crippen molar-refractivity contribution in [3.05, 3.63) is 24.8 Å². The highest BCUT2D eigenvalue weighted by Crippen LogP contribution is 1.98. The smallest absolute Gasteiger partial charge is 0.00143 e. The third-order valence-corrected chi connectivity index (χ3v) is 1.99. The van der Waals surface area contributed by atoms with Crippen LogP contribution in [-0.2, 0) is 0 Å². The molecule has 0 saturated carbocycles. The molecule has 0 rings (SSSR count). The van der Waals surface area contributed by atoms with Gasteiger partial charge in [-0.3, -0.25) is 0 Å². The summed E-state index contributed by atoms with van der Waals surface area (Å²) in [5, 5.41) is 3.42. The number of rotatable bonds is 9. The highest BCUT2D eigenvalue weighted by molar-refractivity contribution is 4.77. The first-order valence-corrected chi connectivity index (χ1v) is 5.34. The fourth-order valence-corrected chi connectivity index (χ4v) is 1.19. The third-order valence-electron chi connectivity index (χ3n) is 1.99. The minimum atomic E-state index is 1.12. The van der Waals surface area contributed by atoms with E-state index >= 15 is 0 Å². The minimum Gasteiger partial charge on any atom is -0.316 e. The fraction of sp³-hybridized carbons (Fsp3) is 0.667. The summed E-state index contributed by atoms with van der Waals surface area (Å²) in [6.07, 6.45) is 12.5. The van der Waals surface area contributed by atoms with Crippen LogP contribution in [0.1, 0.15) is 39.0 Å². The van der Waals surface area contributed by atoms with Gasteiger partial charge in [0.25, 0.3) is 0 Å². The lowest BCUT2D eigenvalue weighted by molar-refractivity contribution is 0.609. The van der Waals surface area contributed by atoms with Crippen LogP contribution in [-0.4, -0.2) is 13.1 Å². The van der Waals surface area contributed by atoms with E-state index in [1.54, 1.807) is 0 Å². The van der Waals surface area contributed by atoms with E-state index < -0.39 is 0 Å². The van der Waals surface area contributed by atoms with Gasteiger partial charge in [-0.2, -0.15) is 0 Å². The van der Waals surface area contributed by atoms with Gasteiger partial charge in [0.2, 0.25) is 0 Å². The number of hydrogen-bond donors (Lipinski definition) is 1. The summed E-state index contributed by atoms with van der Waals surface area (Å²) < 4.78 is 0. The molecule has 0 spiro atoms. The Kier molecular flexibility index (Phi) is 10.9. The topological polar surface area (TPSA) is 12.0 Å². The first-order chi connectivity index (χ1) is 6.41. The molecular weight excluding hydrogens is 158 g/mol. The van der Waals surface area contributed by atoms with Gasteiger partial charge in [0, 0.05) is 0 Å². The maximum atomic E-state index is 3.71. The van der Waals surface area contributed by atoms with Crippen molar-refractivity contribution in [3.8, 4) is 0 Å². The second-order valence-electron chi connectivity index (χ2n) is 3.25. The fourth-order valence-electron chi connectivity index (χ4n) is 1.19. The predicted octanol–water partition coefficient (Wildman–Crippen LogP) is 3.29. The van der Waals surface area contributed by atoms with Crippen molar-refractivity contribution >= 4 is 0 Å². The molecule has 1 N–H and O–H groups in total. The molecule has 0 saturated heterocycles. The van der Waals surface area contributed by atoms with Crippen LogP contribution in [0.4, 0.5) is 0 Å². The summed E-state index contributed by atoms with van der Waals surface area (Å²) in [4.78, 5) is 0. The van der Waals surface area contributed by atoms with Gasteiger partial charge in [0.1, 0.15) is 0 Å². The zero-order chi connectivity index (χ0) is 9.78. The molecular formula is C12H23N. The normalized spacial score (nSPS) is 10.8. The molecule has 0 bridgehead atoms. The molecule has 76 valence electrons. The number of hydrogen-bond acceptors (Lipinski definition) is 1. The Morgan fingerprint density at radius 3 is 2.62 bits per heavy atom. The molecule has 0 aliphatic heterocycles. The van der Waals surface area contributed by atoms with Crippen LogP contribution in [0, 0.1) is 0 Å². The van der Waals surface area contributed by atoms with Crippen molar-refractivity contribution in [1.82, 2.24) is 5.32 Å². The molecule has 13 heavy (non-hydrogen) atoms. The van der Waals surface area contributed by atoms with E-state index in [2.05, 4.69) is 31.0 Å². The Labute approximate surface area is 82.9 Å². The maximum Gasteiger partial charge on any atom is -0.00143 e. The van der Waals surface area contributed by atoms with Crippen LogP contribution in [0.3, 0.4) is 0 Å². The summed E-state index contributed by atoms with van der Waals surface area (Å²) in [6, 6.07) is 0. The zero-order valence-electron chi connectivity index (χ0n) is 8.89. The molecule has 0 atom stereocenters. The summed E-state index contributed by atoms with van der Waals surface area (Å²) in [6.45, 7) is 8.05. The Morgan fingerprint density at radius 2 is 1.92 bits per heavy atom. The first-order valence-electron chi connectivity index (χ1n) is 5.34. The van der Waals surface area contributed by atoms with E-state index in [9.17, 15) is 0 Å². The van der Waals surface area contributed by atoms with Gasteiger partial charge in [0.05, 0.1) is 0 Å². The van der Waals surface area contributed by atoms with Gasteiger partial charge in [0.15, 0.2) is 0 Å². The Morgan fingerprint density at radius 1 is 1.08 bits per heavy atom. The SMILES string of the molecule is C=CCCCCCNCC/C=C/C. The van der Waals surface area contributed by atoms with Gasteiger partial charge < -0.3 is 5.32 Å². The zero-order valence-corrected chi connectivity index (χ0v) is 8.89. The lowest BCUT2D eigenvalue weighted by Gasteiger charge is -2.01. The van der Waals surface area contributed by atoms with E-state index in [1.807, 2.05) is 6.08 Å². The third kappa shape index (κ3) is 11.4. The summed E-state index contributed by atoms with van der Waals surface area (Å²) in [5.74, 6) is 0. The Hall–Kier alpha value is -0.560. The molecule has 0 fully saturated rings. The minimum absolute atomic E-state index is 1.12. The van der Waals surface area contributed by atoms with Gasteiger partial charge >= 0.3 is 0 Å². The lowest BCUT2D eigenvalue weighted by atomic mass is 10.2. The average Bonchev–Trinajstić information content (AvgIpc) is 2.16. The Balaban J connectivity index is 2.87. The van der Waals surface area contributed by atoms with Crippen LogP contribution in [0.2, 0.25) is 0 Å². The highest BCUT2D eigenvalue weighted by atomic mass is 14.8. The predicted molar refractivity (Wildman–Crippen MR) is 61.0 cm³/mol. The average molecular weight is 181 g/mol. The van der Waals surface area contributed by atoms with Gasteiger partial charge in [-0.1, -0.05) is 24.6 Å². The van der Waals surface area contributed by atoms with Crippen molar-refractivity contribution in [2.24, 2.45) is 0 Å². The Bertz CT molecular complexity index is 127. The summed E-state index contributed by atoms with van der Waals surface area (Å²) in [7, 11) is 0. The van der Waals surface area contributed by atoms with Crippen molar-refractivity contribution in [1.29, 1.82) is 0 Å². The molecule has 1 heteroatoms. The van der Waals surface area contributed by atoms with E-state index in [0.717, 1.165) is 19.5 Å². The van der Waals surface area contributed by atoms with Crippen LogP contribution in [0.15, 0.2) is 24.8 Å². The molecule has 0 unspecified atom stereocenters. The van der Waals surface area contributed by atoms with E-state index in [0.29, 0.717) is 0 Å². The quantitative estimate of drug-likeness (QED) is 0.425. The number of unbranched alkanes of at least 4 members (excludes halogenated alkanes) is 3. The molecule has 0 aliphatic rings. The highest BCUT2D eigenvalue weighted by Gasteiger charge is 1.87. The molecule has 0 aromatic heterocycles. The van der Waals surface area contributed by atoms with E-state index in [1.165, 1.54) is 25.7 Å². The van der Waals surface area contributed by atoms with Crippen LogP contribution < -0.4 is 5.32 Å². The molecule has 0 amide bonds. The summed E-state index contributed by atoms with van der Waals surface area (Å²) >= 11 is 0. The van der Waals surface area contributed by atoms with Gasteiger partial charge in [-0.15, -0.1) is 6.58 Å². The van der Waals surface area contributed by atoms with Crippen molar-refractivity contribution in [3.63, 3.8) is 0 Å². The lowest BCUT2D eigenvalue weighted by Crippen LogP contribution is -2.15. The maximum absolute atomic E-state index is 3.71. The van der Waals surface area contributed by atoms with Crippen molar-refractivity contribution in [2.45, 2.75) is 39.0 Å². The molecule has 0 aromatic rings. The van der Waals surface area contributed by atoms with E-state index in [4.69, 9.17) is 0 Å².